The molecule has 0 spiro atoms. The summed E-state index contributed by atoms with van der Waals surface area (Å²) in [5.74, 6) is 0. The van der Waals surface area contributed by atoms with Crippen LogP contribution in [0.2, 0.25) is 0 Å². The Morgan fingerprint density at radius 1 is 0.818 bits per heavy atom. The average Bonchev–Trinajstić information content (AvgIpc) is 2.51. The second-order valence-electron chi connectivity index (χ2n) is 4.72. The van der Waals surface area contributed by atoms with Crippen LogP contribution in [0.1, 0.15) is 16.7 Å². The zero-order valence-electron chi connectivity index (χ0n) is 11.7. The summed E-state index contributed by atoms with van der Waals surface area (Å²) < 4.78 is 37.3. The molecule has 0 fully saturated rings. The first-order valence-corrected chi connectivity index (χ1v) is 7.08. The van der Waals surface area contributed by atoms with Crippen molar-refractivity contribution >= 4 is 17.3 Å². The van der Waals surface area contributed by atoms with E-state index in [9.17, 15) is 13.2 Å². The van der Waals surface area contributed by atoms with Crippen molar-refractivity contribution in [1.29, 1.82) is 0 Å². The van der Waals surface area contributed by atoms with Crippen molar-refractivity contribution < 1.29 is 13.2 Å². The minimum atomic E-state index is -4.31. The summed E-state index contributed by atoms with van der Waals surface area (Å²) in [6.45, 7) is 0.971. The van der Waals surface area contributed by atoms with Gasteiger partial charge in [0.25, 0.3) is 0 Å². The number of alkyl halides is 3. The van der Waals surface area contributed by atoms with Crippen LogP contribution in [0.15, 0.2) is 54.6 Å². The fourth-order valence-corrected chi connectivity index (χ4v) is 1.98. The number of halogens is 3. The summed E-state index contributed by atoms with van der Waals surface area (Å²) >= 11 is 5.14. The van der Waals surface area contributed by atoms with E-state index in [0.717, 1.165) is 23.3 Å². The predicted octanol–water partition coefficient (Wildman–Crippen LogP) is 3.87. The third-order valence-electron chi connectivity index (χ3n) is 3.03. The molecule has 0 saturated carbocycles. The number of nitrogens with one attached hydrogen (secondary N) is 2. The van der Waals surface area contributed by atoms with Crippen molar-refractivity contribution in [3.8, 4) is 0 Å². The molecule has 0 aliphatic carbocycles. The van der Waals surface area contributed by atoms with Crippen molar-refractivity contribution in [2.75, 3.05) is 0 Å². The van der Waals surface area contributed by atoms with Gasteiger partial charge in [-0.05, 0) is 35.5 Å². The van der Waals surface area contributed by atoms with E-state index in [1.54, 1.807) is 0 Å². The number of benzene rings is 2. The van der Waals surface area contributed by atoms with Crippen molar-refractivity contribution in [2.45, 2.75) is 19.3 Å². The summed E-state index contributed by atoms with van der Waals surface area (Å²) in [7, 11) is 0. The highest BCUT2D eigenvalue weighted by molar-refractivity contribution is 7.80. The summed E-state index contributed by atoms with van der Waals surface area (Å²) in [6, 6.07) is 14.8. The van der Waals surface area contributed by atoms with Crippen molar-refractivity contribution in [2.24, 2.45) is 0 Å². The maximum Gasteiger partial charge on any atom is 0.416 e. The highest BCUT2D eigenvalue weighted by atomic mass is 32.1. The molecule has 2 aromatic rings. The molecule has 2 nitrogen and oxygen atoms in total. The first-order chi connectivity index (χ1) is 10.4. The summed E-state index contributed by atoms with van der Waals surface area (Å²) in [4.78, 5) is 0. The van der Waals surface area contributed by atoms with E-state index in [1.807, 2.05) is 30.3 Å². The molecule has 0 aliphatic heterocycles. The van der Waals surface area contributed by atoms with Gasteiger partial charge in [0.05, 0.1) is 5.56 Å². The molecule has 0 saturated heterocycles. The molecule has 0 heterocycles. The summed E-state index contributed by atoms with van der Waals surface area (Å²) in [5.41, 5.74) is 1.18. The predicted molar refractivity (Wildman–Crippen MR) is 84.2 cm³/mol. The van der Waals surface area contributed by atoms with E-state index in [0.29, 0.717) is 18.2 Å². The Hall–Kier alpha value is -2.08. The maximum absolute atomic E-state index is 12.4. The van der Waals surface area contributed by atoms with Crippen LogP contribution in [0.3, 0.4) is 0 Å². The fourth-order valence-electron chi connectivity index (χ4n) is 1.83. The second-order valence-corrected chi connectivity index (χ2v) is 5.12. The molecule has 0 unspecified atom stereocenters. The van der Waals surface area contributed by atoms with Crippen LogP contribution in [0.5, 0.6) is 0 Å². The highest BCUT2D eigenvalue weighted by Crippen LogP contribution is 2.28. The van der Waals surface area contributed by atoms with E-state index in [2.05, 4.69) is 10.6 Å². The van der Waals surface area contributed by atoms with Crippen molar-refractivity contribution in [3.63, 3.8) is 0 Å². The number of hydrogen-bond acceptors (Lipinski definition) is 1. The van der Waals surface area contributed by atoms with E-state index in [4.69, 9.17) is 12.2 Å². The van der Waals surface area contributed by atoms with Gasteiger partial charge in [0.2, 0.25) is 0 Å². The normalized spacial score (nSPS) is 11.0. The van der Waals surface area contributed by atoms with E-state index in [1.165, 1.54) is 12.1 Å². The minimum absolute atomic E-state index is 0.374. The summed E-state index contributed by atoms with van der Waals surface area (Å²) in [6.07, 6.45) is -4.31. The van der Waals surface area contributed by atoms with Crippen molar-refractivity contribution in [3.05, 3.63) is 71.3 Å². The van der Waals surface area contributed by atoms with Gasteiger partial charge in [-0.3, -0.25) is 0 Å². The van der Waals surface area contributed by atoms with Crippen LogP contribution in [0, 0.1) is 0 Å². The fraction of sp³-hybridized carbons (Fsp3) is 0.188. The van der Waals surface area contributed by atoms with Crippen LogP contribution in [0.25, 0.3) is 0 Å². The standard InChI is InChI=1S/C16H15F3N2S/c17-16(18,19)14-8-6-13(7-9-14)11-21-15(22)20-10-12-4-2-1-3-5-12/h1-9H,10-11H2,(H2,20,21,22). The lowest BCUT2D eigenvalue weighted by Crippen LogP contribution is -2.34. The Bertz CT molecular complexity index is 610. The lowest BCUT2D eigenvalue weighted by Gasteiger charge is -2.11. The molecule has 0 aliphatic rings. The quantitative estimate of drug-likeness (QED) is 0.835. The second kappa shape index (κ2) is 7.26. The molecule has 22 heavy (non-hydrogen) atoms. The lowest BCUT2D eigenvalue weighted by atomic mass is 10.1. The van der Waals surface area contributed by atoms with E-state index >= 15 is 0 Å². The zero-order valence-corrected chi connectivity index (χ0v) is 12.5. The zero-order chi connectivity index (χ0) is 16.0. The largest absolute Gasteiger partial charge is 0.416 e. The van der Waals surface area contributed by atoms with E-state index in [-0.39, 0.29) is 0 Å². The van der Waals surface area contributed by atoms with E-state index < -0.39 is 11.7 Å². The van der Waals surface area contributed by atoms with Gasteiger partial charge in [-0.25, -0.2) is 0 Å². The summed E-state index contributed by atoms with van der Waals surface area (Å²) in [5, 5.41) is 6.47. The Balaban J connectivity index is 1.79. The van der Waals surface area contributed by atoms with Crippen LogP contribution in [-0.4, -0.2) is 5.11 Å². The number of hydrogen-bond donors (Lipinski definition) is 2. The molecule has 0 aromatic heterocycles. The first-order valence-electron chi connectivity index (χ1n) is 6.67. The molecular weight excluding hydrogens is 309 g/mol. The van der Waals surface area contributed by atoms with Gasteiger partial charge in [-0.2, -0.15) is 13.2 Å². The molecule has 0 atom stereocenters. The first kappa shape index (κ1) is 16.3. The molecule has 6 heteroatoms. The Morgan fingerprint density at radius 2 is 1.32 bits per heavy atom. The number of thiocarbonyl (C=S) groups is 1. The maximum atomic E-state index is 12.4. The molecule has 0 bridgehead atoms. The molecule has 116 valence electrons. The minimum Gasteiger partial charge on any atom is -0.359 e. The topological polar surface area (TPSA) is 24.1 Å². The monoisotopic (exact) mass is 324 g/mol. The van der Waals surface area contributed by atoms with Crippen LogP contribution >= 0.6 is 12.2 Å². The van der Waals surface area contributed by atoms with Gasteiger partial charge in [0, 0.05) is 13.1 Å². The van der Waals surface area contributed by atoms with Gasteiger partial charge >= 0.3 is 6.18 Å². The molecule has 2 N–H and O–H groups in total. The van der Waals surface area contributed by atoms with Gasteiger partial charge < -0.3 is 10.6 Å². The van der Waals surface area contributed by atoms with Gasteiger partial charge in [0.15, 0.2) is 5.11 Å². The Morgan fingerprint density at radius 3 is 1.82 bits per heavy atom. The highest BCUT2D eigenvalue weighted by Gasteiger charge is 2.29. The molecule has 2 rings (SSSR count). The van der Waals surface area contributed by atoms with Gasteiger partial charge in [-0.1, -0.05) is 42.5 Å². The smallest absolute Gasteiger partial charge is 0.359 e. The van der Waals surface area contributed by atoms with Crippen LogP contribution in [-0.2, 0) is 19.3 Å². The average molecular weight is 324 g/mol. The van der Waals surface area contributed by atoms with Crippen LogP contribution in [0.4, 0.5) is 13.2 Å². The van der Waals surface area contributed by atoms with Crippen LogP contribution < -0.4 is 10.6 Å². The Labute approximate surface area is 132 Å². The lowest BCUT2D eigenvalue weighted by molar-refractivity contribution is -0.137. The third-order valence-corrected chi connectivity index (χ3v) is 3.32. The molecule has 2 aromatic carbocycles. The molecule has 0 radical (unpaired) electrons. The molecular formula is C16H15F3N2S. The Kier molecular flexibility index (Phi) is 5.38. The van der Waals surface area contributed by atoms with Gasteiger partial charge in [-0.15, -0.1) is 0 Å². The SMILES string of the molecule is FC(F)(F)c1ccc(CNC(=S)NCc2ccccc2)cc1. The molecule has 0 amide bonds. The van der Waals surface area contributed by atoms with Crippen molar-refractivity contribution in [1.82, 2.24) is 10.6 Å². The number of rotatable bonds is 4. The van der Waals surface area contributed by atoms with Gasteiger partial charge in [0.1, 0.15) is 0 Å². The third kappa shape index (κ3) is 5.04.